The first-order chi connectivity index (χ1) is 13.3. The molecule has 1 aromatic heterocycles. The maximum absolute atomic E-state index is 4.81. The highest BCUT2D eigenvalue weighted by Gasteiger charge is 2.31. The van der Waals surface area contributed by atoms with Gasteiger partial charge in [-0.2, -0.15) is 0 Å². The van der Waals surface area contributed by atoms with Gasteiger partial charge in [0, 0.05) is 17.8 Å². The van der Waals surface area contributed by atoms with E-state index in [-0.39, 0.29) is 0 Å². The zero-order valence-electron chi connectivity index (χ0n) is 18.1. The average Bonchev–Trinajstić information content (AvgIpc) is 2.73. The van der Waals surface area contributed by atoms with Crippen molar-refractivity contribution in [2.45, 2.75) is 116 Å². The molecule has 2 aliphatic rings. The van der Waals surface area contributed by atoms with Crippen LogP contribution in [-0.4, -0.2) is 4.98 Å². The molecule has 0 unspecified atom stereocenters. The summed E-state index contributed by atoms with van der Waals surface area (Å²) in [5.41, 5.74) is 2.77. The largest absolute Gasteiger partial charge is 0.261 e. The fourth-order valence-corrected chi connectivity index (χ4v) is 5.81. The van der Waals surface area contributed by atoms with Crippen LogP contribution in [0.15, 0.2) is 18.3 Å². The second kappa shape index (κ2) is 11.2. The molecule has 0 saturated heterocycles. The third-order valence-corrected chi connectivity index (χ3v) is 7.60. The summed E-state index contributed by atoms with van der Waals surface area (Å²) in [6.07, 6.45) is 23.5. The van der Waals surface area contributed by atoms with Gasteiger partial charge in [-0.05, 0) is 74.3 Å². The number of nitrogens with zero attached hydrogens (tertiary/aromatic N) is 1. The van der Waals surface area contributed by atoms with E-state index in [2.05, 4.69) is 32.2 Å². The molecule has 2 fully saturated rings. The highest BCUT2D eigenvalue weighted by molar-refractivity contribution is 5.17. The van der Waals surface area contributed by atoms with Crippen LogP contribution in [-0.2, 0) is 6.42 Å². The molecule has 1 nitrogen and oxygen atoms in total. The minimum atomic E-state index is 0.729. The van der Waals surface area contributed by atoms with E-state index in [1.165, 1.54) is 108 Å². The van der Waals surface area contributed by atoms with E-state index in [1.54, 1.807) is 0 Å². The number of unbranched alkanes of at least 4 members (excludes halogenated alkanes) is 3. The van der Waals surface area contributed by atoms with E-state index >= 15 is 0 Å². The second-order valence-corrected chi connectivity index (χ2v) is 9.58. The standard InChI is InChI=1S/C26H43N/c1-3-5-6-7-9-21-10-13-23(14-11-21)24-15-17-25(18-16-24)26-19-12-22(8-4-2)20-27-26/h12,19-21,23-25H,3-11,13-18H2,1-2H3. The second-order valence-electron chi connectivity index (χ2n) is 9.58. The van der Waals surface area contributed by atoms with Crippen LogP contribution >= 0.6 is 0 Å². The zero-order valence-corrected chi connectivity index (χ0v) is 18.1. The van der Waals surface area contributed by atoms with Crippen LogP contribution in [0.25, 0.3) is 0 Å². The molecule has 27 heavy (non-hydrogen) atoms. The first-order valence-corrected chi connectivity index (χ1v) is 12.2. The number of hydrogen-bond donors (Lipinski definition) is 0. The van der Waals surface area contributed by atoms with Crippen molar-refractivity contribution in [2.75, 3.05) is 0 Å². The molecular formula is C26H43N. The Morgan fingerprint density at radius 2 is 1.48 bits per heavy atom. The number of hydrogen-bond acceptors (Lipinski definition) is 1. The molecule has 152 valence electrons. The van der Waals surface area contributed by atoms with Gasteiger partial charge in [-0.15, -0.1) is 0 Å². The molecule has 1 heterocycles. The normalized spacial score (nSPS) is 29.0. The van der Waals surface area contributed by atoms with E-state index in [1.807, 2.05) is 0 Å². The highest BCUT2D eigenvalue weighted by Crippen LogP contribution is 2.44. The fraction of sp³-hybridized carbons (Fsp3) is 0.808. The van der Waals surface area contributed by atoms with E-state index in [9.17, 15) is 0 Å². The van der Waals surface area contributed by atoms with Gasteiger partial charge in [-0.3, -0.25) is 4.98 Å². The van der Waals surface area contributed by atoms with Gasteiger partial charge in [0.25, 0.3) is 0 Å². The molecule has 0 spiro atoms. The van der Waals surface area contributed by atoms with Crippen LogP contribution in [0, 0.1) is 17.8 Å². The zero-order chi connectivity index (χ0) is 18.9. The Labute approximate surface area is 168 Å². The highest BCUT2D eigenvalue weighted by atomic mass is 14.7. The third kappa shape index (κ3) is 6.33. The summed E-state index contributed by atoms with van der Waals surface area (Å²) in [5.74, 6) is 3.84. The SMILES string of the molecule is CCCCCCC1CCC(C2CCC(c3ccc(CCC)cn3)CC2)CC1. The Balaban J connectivity index is 1.37. The predicted octanol–water partition coefficient (Wildman–Crippen LogP) is 8.08. The number of pyridine rings is 1. The van der Waals surface area contributed by atoms with Gasteiger partial charge in [-0.1, -0.05) is 71.3 Å². The Morgan fingerprint density at radius 1 is 0.778 bits per heavy atom. The predicted molar refractivity (Wildman–Crippen MR) is 117 cm³/mol. The molecule has 0 N–H and O–H groups in total. The van der Waals surface area contributed by atoms with Crippen LogP contribution in [0.3, 0.4) is 0 Å². The summed E-state index contributed by atoms with van der Waals surface area (Å²) in [4.78, 5) is 4.81. The monoisotopic (exact) mass is 369 g/mol. The van der Waals surface area contributed by atoms with Gasteiger partial charge >= 0.3 is 0 Å². The fourth-order valence-electron chi connectivity index (χ4n) is 5.81. The smallest absolute Gasteiger partial charge is 0.0434 e. The molecule has 1 heteroatoms. The van der Waals surface area contributed by atoms with Crippen LogP contribution < -0.4 is 0 Å². The average molecular weight is 370 g/mol. The molecule has 2 aliphatic carbocycles. The Kier molecular flexibility index (Phi) is 8.68. The van der Waals surface area contributed by atoms with E-state index < -0.39 is 0 Å². The van der Waals surface area contributed by atoms with Gasteiger partial charge in [0.05, 0.1) is 0 Å². The first kappa shape index (κ1) is 20.9. The van der Waals surface area contributed by atoms with Crippen molar-refractivity contribution in [3.63, 3.8) is 0 Å². The van der Waals surface area contributed by atoms with Gasteiger partial charge in [0.2, 0.25) is 0 Å². The molecule has 3 rings (SSSR count). The maximum atomic E-state index is 4.81. The molecule has 2 saturated carbocycles. The summed E-state index contributed by atoms with van der Waals surface area (Å²) in [5, 5.41) is 0. The Morgan fingerprint density at radius 3 is 2.07 bits per heavy atom. The summed E-state index contributed by atoms with van der Waals surface area (Å²) in [6.45, 7) is 4.56. The van der Waals surface area contributed by atoms with Crippen molar-refractivity contribution in [1.29, 1.82) is 0 Å². The van der Waals surface area contributed by atoms with Crippen molar-refractivity contribution in [1.82, 2.24) is 4.98 Å². The van der Waals surface area contributed by atoms with Crippen molar-refractivity contribution >= 4 is 0 Å². The van der Waals surface area contributed by atoms with Gasteiger partial charge < -0.3 is 0 Å². The molecule has 0 radical (unpaired) electrons. The minimum absolute atomic E-state index is 0.729. The molecule has 0 aliphatic heterocycles. The summed E-state index contributed by atoms with van der Waals surface area (Å²) in [7, 11) is 0. The quantitative estimate of drug-likeness (QED) is 0.401. The molecular weight excluding hydrogens is 326 g/mol. The lowest BCUT2D eigenvalue weighted by Gasteiger charge is -2.38. The minimum Gasteiger partial charge on any atom is -0.261 e. The van der Waals surface area contributed by atoms with E-state index in [4.69, 9.17) is 4.98 Å². The van der Waals surface area contributed by atoms with Crippen LogP contribution in [0.1, 0.15) is 121 Å². The lowest BCUT2D eigenvalue weighted by atomic mass is 9.68. The number of aryl methyl sites for hydroxylation is 1. The van der Waals surface area contributed by atoms with Crippen molar-refractivity contribution in [3.05, 3.63) is 29.6 Å². The maximum Gasteiger partial charge on any atom is 0.0434 e. The number of rotatable bonds is 9. The summed E-state index contributed by atoms with van der Waals surface area (Å²) in [6, 6.07) is 4.64. The van der Waals surface area contributed by atoms with Gasteiger partial charge in [-0.25, -0.2) is 0 Å². The molecule has 0 aromatic carbocycles. The molecule has 0 atom stereocenters. The van der Waals surface area contributed by atoms with E-state index in [0.29, 0.717) is 0 Å². The van der Waals surface area contributed by atoms with Crippen molar-refractivity contribution < 1.29 is 0 Å². The van der Waals surface area contributed by atoms with Crippen molar-refractivity contribution in [3.8, 4) is 0 Å². The van der Waals surface area contributed by atoms with Crippen LogP contribution in [0.4, 0.5) is 0 Å². The van der Waals surface area contributed by atoms with Crippen LogP contribution in [0.2, 0.25) is 0 Å². The first-order valence-electron chi connectivity index (χ1n) is 12.2. The van der Waals surface area contributed by atoms with Crippen molar-refractivity contribution in [2.24, 2.45) is 17.8 Å². The topological polar surface area (TPSA) is 12.9 Å². The third-order valence-electron chi connectivity index (χ3n) is 7.60. The molecule has 1 aromatic rings. The Bertz CT molecular complexity index is 504. The molecule has 0 bridgehead atoms. The Hall–Kier alpha value is -0.850. The van der Waals surface area contributed by atoms with Crippen LogP contribution in [0.5, 0.6) is 0 Å². The lowest BCUT2D eigenvalue weighted by molar-refractivity contribution is 0.155. The van der Waals surface area contributed by atoms with E-state index in [0.717, 1.165) is 23.7 Å². The summed E-state index contributed by atoms with van der Waals surface area (Å²) < 4.78 is 0. The van der Waals surface area contributed by atoms with Gasteiger partial charge in [0.1, 0.15) is 0 Å². The molecule has 0 amide bonds. The van der Waals surface area contributed by atoms with Gasteiger partial charge in [0.15, 0.2) is 0 Å². The lowest BCUT2D eigenvalue weighted by Crippen LogP contribution is -2.25. The number of aromatic nitrogens is 1. The summed E-state index contributed by atoms with van der Waals surface area (Å²) >= 11 is 0.